The molecule has 7 heteroatoms. The van der Waals surface area contributed by atoms with E-state index in [4.69, 9.17) is 10.3 Å². The van der Waals surface area contributed by atoms with Gasteiger partial charge in [0.15, 0.2) is 5.82 Å². The number of rotatable bonds is 6. The fourth-order valence-corrected chi connectivity index (χ4v) is 1.86. The summed E-state index contributed by atoms with van der Waals surface area (Å²) in [6.45, 7) is 0. The van der Waals surface area contributed by atoms with Crippen LogP contribution in [0.15, 0.2) is 34.9 Å². The van der Waals surface area contributed by atoms with Crippen molar-refractivity contribution in [3.63, 3.8) is 0 Å². The largest absolute Gasteiger partial charge is 0.389 e. The van der Waals surface area contributed by atoms with E-state index in [9.17, 15) is 13.2 Å². The summed E-state index contributed by atoms with van der Waals surface area (Å²) in [5.74, 6) is 0.223. The predicted molar refractivity (Wildman–Crippen MR) is 70.4 cm³/mol. The predicted octanol–water partition coefficient (Wildman–Crippen LogP) is 3.20. The third kappa shape index (κ3) is 5.18. The second kappa shape index (κ2) is 6.71. The number of halogens is 3. The Hall–Kier alpha value is -1.89. The molecule has 4 nitrogen and oxygen atoms in total. The van der Waals surface area contributed by atoms with Gasteiger partial charge < -0.3 is 10.3 Å². The Labute approximate surface area is 120 Å². The smallest absolute Gasteiger partial charge is 0.338 e. The maximum Gasteiger partial charge on any atom is 0.389 e. The first-order chi connectivity index (χ1) is 9.94. The van der Waals surface area contributed by atoms with Gasteiger partial charge in [0, 0.05) is 6.42 Å². The zero-order valence-electron chi connectivity index (χ0n) is 11.3. The van der Waals surface area contributed by atoms with Crippen LogP contribution < -0.4 is 5.73 Å². The third-order valence-electron chi connectivity index (χ3n) is 3.02. The first-order valence-electron chi connectivity index (χ1n) is 6.63. The molecule has 1 atom stereocenters. The molecule has 1 aromatic heterocycles. The SMILES string of the molecule is NC(CCc1ccccc1)c1nc(CCC(F)(F)F)no1. The lowest BCUT2D eigenvalue weighted by Gasteiger charge is -2.06. The quantitative estimate of drug-likeness (QED) is 0.889. The molecule has 1 unspecified atom stereocenters. The molecule has 0 aliphatic carbocycles. The molecule has 1 heterocycles. The summed E-state index contributed by atoms with van der Waals surface area (Å²) in [5.41, 5.74) is 7.05. The molecule has 0 saturated heterocycles. The molecule has 2 aromatic rings. The number of nitrogens with zero attached hydrogens (tertiary/aromatic N) is 2. The van der Waals surface area contributed by atoms with Crippen molar-refractivity contribution in [1.82, 2.24) is 10.1 Å². The summed E-state index contributed by atoms with van der Waals surface area (Å²) >= 11 is 0. The minimum absolute atomic E-state index is 0.0393. The van der Waals surface area contributed by atoms with Crippen LogP contribution in [0.5, 0.6) is 0 Å². The number of aromatic nitrogens is 2. The van der Waals surface area contributed by atoms with Gasteiger partial charge in [-0.05, 0) is 18.4 Å². The maximum atomic E-state index is 12.1. The highest BCUT2D eigenvalue weighted by Gasteiger charge is 2.28. The molecule has 2 N–H and O–H groups in total. The van der Waals surface area contributed by atoms with Gasteiger partial charge in [0.1, 0.15) is 0 Å². The Bertz CT molecular complexity index is 554. The minimum Gasteiger partial charge on any atom is -0.338 e. The highest BCUT2D eigenvalue weighted by Crippen LogP contribution is 2.22. The molecule has 0 amide bonds. The number of hydrogen-bond donors (Lipinski definition) is 1. The minimum atomic E-state index is -4.23. The maximum absolute atomic E-state index is 12.1. The van der Waals surface area contributed by atoms with E-state index in [2.05, 4.69) is 10.1 Å². The van der Waals surface area contributed by atoms with Crippen molar-refractivity contribution in [1.29, 1.82) is 0 Å². The Balaban J connectivity index is 1.85. The Morgan fingerprint density at radius 1 is 1.14 bits per heavy atom. The van der Waals surface area contributed by atoms with E-state index >= 15 is 0 Å². The molecule has 0 saturated carbocycles. The fourth-order valence-electron chi connectivity index (χ4n) is 1.86. The van der Waals surface area contributed by atoms with E-state index in [1.165, 1.54) is 0 Å². The first kappa shape index (κ1) is 15.5. The van der Waals surface area contributed by atoms with Crippen molar-refractivity contribution in [2.75, 3.05) is 0 Å². The van der Waals surface area contributed by atoms with Crippen LogP contribution in [0.2, 0.25) is 0 Å². The lowest BCUT2D eigenvalue weighted by atomic mass is 10.1. The van der Waals surface area contributed by atoms with Crippen molar-refractivity contribution in [3.8, 4) is 0 Å². The highest BCUT2D eigenvalue weighted by molar-refractivity contribution is 5.15. The molecule has 0 fully saturated rings. The normalized spacial score (nSPS) is 13.3. The van der Waals surface area contributed by atoms with Crippen LogP contribution in [0.25, 0.3) is 0 Å². The second-order valence-electron chi connectivity index (χ2n) is 4.79. The van der Waals surface area contributed by atoms with E-state index in [1.54, 1.807) is 0 Å². The molecule has 1 aromatic carbocycles. The van der Waals surface area contributed by atoms with Gasteiger partial charge >= 0.3 is 6.18 Å². The number of alkyl halides is 3. The van der Waals surface area contributed by atoms with Gasteiger partial charge in [0.25, 0.3) is 0 Å². The Morgan fingerprint density at radius 3 is 2.52 bits per heavy atom. The fraction of sp³-hybridized carbons (Fsp3) is 0.429. The van der Waals surface area contributed by atoms with E-state index in [-0.39, 0.29) is 18.1 Å². The topological polar surface area (TPSA) is 64.9 Å². The average molecular weight is 299 g/mol. The van der Waals surface area contributed by atoms with Gasteiger partial charge in [-0.1, -0.05) is 35.5 Å². The molecular weight excluding hydrogens is 283 g/mol. The highest BCUT2D eigenvalue weighted by atomic mass is 19.4. The van der Waals surface area contributed by atoms with Crippen molar-refractivity contribution < 1.29 is 17.7 Å². The molecule has 0 bridgehead atoms. The van der Waals surface area contributed by atoms with Gasteiger partial charge in [-0.15, -0.1) is 0 Å². The Kier molecular flexibility index (Phi) is 4.95. The molecule has 114 valence electrons. The summed E-state index contributed by atoms with van der Waals surface area (Å²) in [5, 5.41) is 3.53. The van der Waals surface area contributed by atoms with E-state index < -0.39 is 18.6 Å². The monoisotopic (exact) mass is 299 g/mol. The van der Waals surface area contributed by atoms with Crippen LogP contribution in [-0.4, -0.2) is 16.3 Å². The molecule has 0 spiro atoms. The summed E-state index contributed by atoms with van der Waals surface area (Å²) in [4.78, 5) is 3.92. The van der Waals surface area contributed by atoms with E-state index in [1.807, 2.05) is 30.3 Å². The number of hydrogen-bond acceptors (Lipinski definition) is 4. The zero-order chi connectivity index (χ0) is 15.3. The average Bonchev–Trinajstić information content (AvgIpc) is 2.92. The van der Waals surface area contributed by atoms with Crippen LogP contribution in [0.3, 0.4) is 0 Å². The van der Waals surface area contributed by atoms with Crippen LogP contribution in [0.4, 0.5) is 13.2 Å². The van der Waals surface area contributed by atoms with Gasteiger partial charge in [0.2, 0.25) is 5.89 Å². The van der Waals surface area contributed by atoms with E-state index in [0.29, 0.717) is 6.42 Å². The summed E-state index contributed by atoms with van der Waals surface area (Å²) in [6, 6.07) is 9.28. The number of aryl methyl sites for hydroxylation is 2. The second-order valence-corrected chi connectivity index (χ2v) is 4.79. The lowest BCUT2D eigenvalue weighted by molar-refractivity contribution is -0.134. The molecule has 0 aliphatic heterocycles. The zero-order valence-corrected chi connectivity index (χ0v) is 11.3. The number of nitrogens with two attached hydrogens (primary N) is 1. The third-order valence-corrected chi connectivity index (χ3v) is 3.02. The van der Waals surface area contributed by atoms with Crippen LogP contribution in [0.1, 0.15) is 36.2 Å². The van der Waals surface area contributed by atoms with Crippen LogP contribution in [0, 0.1) is 0 Å². The van der Waals surface area contributed by atoms with Gasteiger partial charge in [-0.25, -0.2) is 0 Å². The lowest BCUT2D eigenvalue weighted by Crippen LogP contribution is -2.12. The molecular formula is C14H16F3N3O. The summed E-state index contributed by atoms with van der Waals surface area (Å²) in [7, 11) is 0. The molecule has 2 rings (SSSR count). The molecule has 0 aliphatic rings. The van der Waals surface area contributed by atoms with Crippen LogP contribution in [-0.2, 0) is 12.8 Å². The van der Waals surface area contributed by atoms with Gasteiger partial charge in [-0.2, -0.15) is 18.2 Å². The summed E-state index contributed by atoms with van der Waals surface area (Å²) < 4.78 is 41.2. The molecule has 0 radical (unpaired) electrons. The summed E-state index contributed by atoms with van der Waals surface area (Å²) in [6.07, 6.45) is -4.16. The molecule has 21 heavy (non-hydrogen) atoms. The first-order valence-corrected chi connectivity index (χ1v) is 6.63. The van der Waals surface area contributed by atoms with Crippen LogP contribution >= 0.6 is 0 Å². The van der Waals surface area contributed by atoms with Gasteiger partial charge in [0.05, 0.1) is 12.5 Å². The Morgan fingerprint density at radius 2 is 1.86 bits per heavy atom. The standard InChI is InChI=1S/C14H16F3N3O/c15-14(16,17)9-8-12-19-13(21-20-12)11(18)7-6-10-4-2-1-3-5-10/h1-5,11H,6-9,18H2. The van der Waals surface area contributed by atoms with Gasteiger partial charge in [-0.3, -0.25) is 0 Å². The number of benzene rings is 1. The van der Waals surface area contributed by atoms with Crippen molar-refractivity contribution in [2.24, 2.45) is 5.73 Å². The van der Waals surface area contributed by atoms with Crippen molar-refractivity contribution in [3.05, 3.63) is 47.6 Å². The van der Waals surface area contributed by atoms with Crippen molar-refractivity contribution in [2.45, 2.75) is 37.9 Å². The van der Waals surface area contributed by atoms with E-state index in [0.717, 1.165) is 12.0 Å². The van der Waals surface area contributed by atoms with Crippen molar-refractivity contribution >= 4 is 0 Å².